The number of hydrogen-bond acceptors (Lipinski definition) is 5. The fourth-order valence-electron chi connectivity index (χ4n) is 0.926. The summed E-state index contributed by atoms with van der Waals surface area (Å²) in [7, 11) is -4.18. The molecule has 0 rings (SSSR count). The molecule has 0 radical (unpaired) electrons. The fourth-order valence-corrected chi connectivity index (χ4v) is 1.93. The number of likely N-dealkylation sites (N-methyl/N-ethyl adjacent to an activating group) is 1. The number of carbonyl (C=O) groups is 2. The van der Waals surface area contributed by atoms with Crippen LogP contribution in [0.1, 0.15) is 20.8 Å². The van der Waals surface area contributed by atoms with Crippen molar-refractivity contribution in [3.05, 3.63) is 0 Å². The molecule has 0 aromatic heterocycles. The predicted molar refractivity (Wildman–Crippen MR) is 58.6 cm³/mol. The second kappa shape index (κ2) is 6.40. The third kappa shape index (κ3) is 6.07. The first-order valence-corrected chi connectivity index (χ1v) is 6.33. The van der Waals surface area contributed by atoms with Crippen molar-refractivity contribution < 1.29 is 27.9 Å². The molecule has 0 aromatic carbocycles. The molecule has 0 aliphatic rings. The van der Waals surface area contributed by atoms with E-state index in [0.29, 0.717) is 4.31 Å². The van der Waals surface area contributed by atoms with Gasteiger partial charge in [0.15, 0.2) is 0 Å². The molecular formula is C8H16N2O6S. The monoisotopic (exact) mass is 268 g/mol. The molecule has 0 aromatic rings. The molecule has 0 heterocycles. The number of aliphatic carboxylic acids is 1. The van der Waals surface area contributed by atoms with Crippen LogP contribution in [0.15, 0.2) is 0 Å². The number of nitrogens with one attached hydrogen (secondary N) is 1. The van der Waals surface area contributed by atoms with Crippen LogP contribution in [0.4, 0.5) is 4.79 Å². The maximum atomic E-state index is 11.5. The van der Waals surface area contributed by atoms with E-state index in [1.165, 1.54) is 6.92 Å². The molecule has 100 valence electrons. The van der Waals surface area contributed by atoms with E-state index in [4.69, 9.17) is 5.11 Å². The fraction of sp³-hybridized carbons (Fsp3) is 0.750. The number of hydrogen-bond donors (Lipinski definition) is 2. The van der Waals surface area contributed by atoms with E-state index in [9.17, 15) is 18.0 Å². The van der Waals surface area contributed by atoms with Gasteiger partial charge in [0.25, 0.3) is 0 Å². The smallest absolute Gasteiger partial charge is 0.422 e. The molecule has 1 amide bonds. The first-order chi connectivity index (χ1) is 7.69. The van der Waals surface area contributed by atoms with Gasteiger partial charge < -0.3 is 9.84 Å². The van der Waals surface area contributed by atoms with Crippen LogP contribution in [0.3, 0.4) is 0 Å². The molecule has 0 spiro atoms. The molecule has 9 heteroatoms. The molecule has 0 saturated carbocycles. The average Bonchev–Trinajstić information content (AvgIpc) is 2.10. The molecule has 8 nitrogen and oxygen atoms in total. The van der Waals surface area contributed by atoms with Gasteiger partial charge in [-0.05, 0) is 13.8 Å². The van der Waals surface area contributed by atoms with Crippen molar-refractivity contribution in [1.29, 1.82) is 0 Å². The Morgan fingerprint density at radius 1 is 1.41 bits per heavy atom. The number of nitrogens with zero attached hydrogens (tertiary/aromatic N) is 1. The number of rotatable bonds is 6. The van der Waals surface area contributed by atoms with Crippen molar-refractivity contribution in [2.24, 2.45) is 0 Å². The molecule has 0 fully saturated rings. The number of carbonyl (C=O) groups excluding carboxylic acids is 1. The van der Waals surface area contributed by atoms with Gasteiger partial charge in [0.1, 0.15) is 6.54 Å². The minimum Gasteiger partial charge on any atom is -0.480 e. The van der Waals surface area contributed by atoms with Crippen molar-refractivity contribution in [2.75, 3.05) is 13.1 Å². The van der Waals surface area contributed by atoms with E-state index in [1.807, 2.05) is 0 Å². The van der Waals surface area contributed by atoms with Crippen molar-refractivity contribution in [3.8, 4) is 0 Å². The van der Waals surface area contributed by atoms with Gasteiger partial charge in [-0.15, -0.1) is 0 Å². The van der Waals surface area contributed by atoms with Crippen LogP contribution in [0, 0.1) is 0 Å². The topological polar surface area (TPSA) is 113 Å². The summed E-state index contributed by atoms with van der Waals surface area (Å²) in [4.78, 5) is 21.5. The summed E-state index contributed by atoms with van der Waals surface area (Å²) in [5.74, 6) is -1.31. The van der Waals surface area contributed by atoms with Crippen LogP contribution >= 0.6 is 0 Å². The Hall–Kier alpha value is -1.35. The lowest BCUT2D eigenvalue weighted by molar-refractivity contribution is -0.137. The molecule has 17 heavy (non-hydrogen) atoms. The highest BCUT2D eigenvalue weighted by molar-refractivity contribution is 7.87. The van der Waals surface area contributed by atoms with Crippen molar-refractivity contribution in [1.82, 2.24) is 9.03 Å². The molecule has 0 aliphatic carbocycles. The van der Waals surface area contributed by atoms with Gasteiger partial charge in [0.2, 0.25) is 0 Å². The highest BCUT2D eigenvalue weighted by Gasteiger charge is 2.25. The summed E-state index contributed by atoms with van der Waals surface area (Å²) in [6.07, 6.45) is -1.61. The van der Waals surface area contributed by atoms with Gasteiger partial charge in [-0.3, -0.25) is 4.79 Å². The third-order valence-electron chi connectivity index (χ3n) is 1.56. The minimum absolute atomic E-state index is 0.0728. The van der Waals surface area contributed by atoms with E-state index < -0.39 is 34.9 Å². The normalized spacial score (nSPS) is 11.6. The summed E-state index contributed by atoms with van der Waals surface area (Å²) >= 11 is 0. The van der Waals surface area contributed by atoms with Gasteiger partial charge in [-0.25, -0.2) is 9.52 Å². The van der Waals surface area contributed by atoms with Gasteiger partial charge >= 0.3 is 22.3 Å². The molecule has 0 unspecified atom stereocenters. The number of carboxylic acids is 1. The number of ether oxygens (including phenoxy) is 1. The highest BCUT2D eigenvalue weighted by Crippen LogP contribution is 1.99. The zero-order valence-electron chi connectivity index (χ0n) is 9.84. The molecule has 0 bridgehead atoms. The lowest BCUT2D eigenvalue weighted by Gasteiger charge is -2.18. The SMILES string of the molecule is CCN(CC(=O)O)S(=O)(=O)NC(=O)OC(C)C. The Morgan fingerprint density at radius 2 is 1.94 bits per heavy atom. The molecule has 0 aliphatic heterocycles. The molecule has 2 N–H and O–H groups in total. The van der Waals surface area contributed by atoms with Gasteiger partial charge in [0.05, 0.1) is 6.10 Å². The number of amides is 1. The first-order valence-electron chi connectivity index (χ1n) is 4.89. The van der Waals surface area contributed by atoms with E-state index in [0.717, 1.165) is 0 Å². The van der Waals surface area contributed by atoms with Crippen LogP contribution in [-0.4, -0.2) is 49.1 Å². The van der Waals surface area contributed by atoms with Crippen molar-refractivity contribution in [3.63, 3.8) is 0 Å². The van der Waals surface area contributed by atoms with E-state index >= 15 is 0 Å². The predicted octanol–water partition coefficient (Wildman–Crippen LogP) is -0.228. The summed E-state index contributed by atoms with van der Waals surface area (Å²) < 4.78 is 29.9. The summed E-state index contributed by atoms with van der Waals surface area (Å²) in [6, 6.07) is 0. The Bertz CT molecular complexity index is 377. The van der Waals surface area contributed by atoms with Crippen molar-refractivity contribution in [2.45, 2.75) is 26.9 Å². The van der Waals surface area contributed by atoms with Crippen LogP contribution in [0.2, 0.25) is 0 Å². The summed E-state index contributed by atoms with van der Waals surface area (Å²) in [5.41, 5.74) is 0. The second-order valence-corrected chi connectivity index (χ2v) is 5.05. The van der Waals surface area contributed by atoms with Crippen LogP contribution < -0.4 is 4.72 Å². The van der Waals surface area contributed by atoms with Gasteiger partial charge in [-0.1, -0.05) is 6.92 Å². The summed E-state index contributed by atoms with van der Waals surface area (Å²) in [5, 5.41) is 8.51. The third-order valence-corrected chi connectivity index (χ3v) is 3.05. The lowest BCUT2D eigenvalue weighted by atomic mass is 10.5. The zero-order chi connectivity index (χ0) is 13.6. The number of carboxylic acid groups (broad SMARTS) is 1. The van der Waals surface area contributed by atoms with E-state index in [1.54, 1.807) is 18.6 Å². The summed E-state index contributed by atoms with van der Waals surface area (Å²) in [6.45, 7) is 3.77. The Morgan fingerprint density at radius 3 is 2.29 bits per heavy atom. The standard InChI is InChI=1S/C8H16N2O6S/c1-4-10(5-7(11)12)17(14,15)9-8(13)16-6(2)3/h6H,4-5H2,1-3H3,(H,9,13)(H,11,12). The van der Waals surface area contributed by atoms with Gasteiger partial charge in [-0.2, -0.15) is 12.7 Å². The Labute approximate surface area is 99.7 Å². The minimum atomic E-state index is -4.18. The first kappa shape index (κ1) is 15.7. The van der Waals surface area contributed by atoms with Gasteiger partial charge in [0, 0.05) is 6.54 Å². The van der Waals surface area contributed by atoms with Crippen LogP contribution in [0.5, 0.6) is 0 Å². The maximum absolute atomic E-state index is 11.5. The van der Waals surface area contributed by atoms with Crippen molar-refractivity contribution >= 4 is 22.3 Å². The molecular weight excluding hydrogens is 252 g/mol. The van der Waals surface area contributed by atoms with E-state index in [-0.39, 0.29) is 6.54 Å². The van der Waals surface area contributed by atoms with Crippen LogP contribution in [0.25, 0.3) is 0 Å². The highest BCUT2D eigenvalue weighted by atomic mass is 32.2. The Balaban J connectivity index is 4.64. The maximum Gasteiger partial charge on any atom is 0.422 e. The molecule has 0 saturated heterocycles. The lowest BCUT2D eigenvalue weighted by Crippen LogP contribution is -2.46. The Kier molecular flexibility index (Phi) is 5.89. The average molecular weight is 268 g/mol. The van der Waals surface area contributed by atoms with E-state index in [2.05, 4.69) is 4.74 Å². The largest absolute Gasteiger partial charge is 0.480 e. The zero-order valence-corrected chi connectivity index (χ0v) is 10.7. The quantitative estimate of drug-likeness (QED) is 0.688. The van der Waals surface area contributed by atoms with Crippen LogP contribution in [-0.2, 0) is 19.7 Å². The second-order valence-electron chi connectivity index (χ2n) is 3.38. The molecule has 0 atom stereocenters.